The third-order valence-corrected chi connectivity index (χ3v) is 4.84. The van der Waals surface area contributed by atoms with Crippen LogP contribution in [0.4, 0.5) is 28.8 Å². The number of nitrogens with one attached hydrogen (secondary N) is 2. The van der Waals surface area contributed by atoms with E-state index in [4.69, 9.17) is 5.26 Å². The number of rotatable bonds is 5. The Bertz CT molecular complexity index is 986. The maximum atomic E-state index is 8.88. The fraction of sp³-hybridized carbons (Fsp3) is 0.238. The van der Waals surface area contributed by atoms with Crippen molar-refractivity contribution in [2.45, 2.75) is 0 Å². The number of nitriles is 1. The fourth-order valence-electron chi connectivity index (χ4n) is 3.14. The molecule has 3 aromatic rings. The van der Waals surface area contributed by atoms with Crippen LogP contribution in [0.3, 0.4) is 0 Å². The summed E-state index contributed by atoms with van der Waals surface area (Å²) in [5, 5.41) is 23.3. The molecule has 2 aromatic carbocycles. The standard InChI is InChI=1S/C21H22N8/c1-28-10-12-29(13-11-28)19-8-6-17(7-9-19)24-20-15-23-27-21(26-20)25-18-4-2-16(14-22)3-5-18/h2-9,15H,10-13H2,1H3,(H2,24,25,26,27). The topological polar surface area (TPSA) is 93.0 Å². The van der Waals surface area contributed by atoms with Crippen LogP contribution in [0.5, 0.6) is 0 Å². The zero-order chi connectivity index (χ0) is 20.1. The highest BCUT2D eigenvalue weighted by atomic mass is 15.3. The van der Waals surface area contributed by atoms with Crippen molar-refractivity contribution in [2.24, 2.45) is 0 Å². The highest BCUT2D eigenvalue weighted by Gasteiger charge is 2.14. The average Bonchev–Trinajstić information content (AvgIpc) is 2.76. The molecule has 0 aliphatic carbocycles. The normalized spacial score (nSPS) is 14.3. The smallest absolute Gasteiger partial charge is 0.249 e. The Labute approximate surface area is 169 Å². The third kappa shape index (κ3) is 4.78. The van der Waals surface area contributed by atoms with Crippen molar-refractivity contribution < 1.29 is 0 Å². The monoisotopic (exact) mass is 386 g/mol. The molecule has 29 heavy (non-hydrogen) atoms. The molecule has 1 aromatic heterocycles. The predicted octanol–water partition coefficient (Wildman–Crippen LogP) is 2.98. The molecule has 2 heterocycles. The van der Waals surface area contributed by atoms with Gasteiger partial charge in [-0.25, -0.2) is 0 Å². The minimum atomic E-state index is 0.383. The van der Waals surface area contributed by atoms with E-state index in [2.05, 4.69) is 60.9 Å². The van der Waals surface area contributed by atoms with Gasteiger partial charge in [-0.2, -0.15) is 15.3 Å². The Hall–Kier alpha value is -3.70. The van der Waals surface area contributed by atoms with E-state index in [0.717, 1.165) is 37.6 Å². The van der Waals surface area contributed by atoms with Crippen LogP contribution in [0.15, 0.2) is 54.7 Å². The van der Waals surface area contributed by atoms with E-state index in [-0.39, 0.29) is 0 Å². The molecule has 0 unspecified atom stereocenters. The van der Waals surface area contributed by atoms with Crippen molar-refractivity contribution in [3.63, 3.8) is 0 Å². The lowest BCUT2D eigenvalue weighted by Crippen LogP contribution is -2.44. The van der Waals surface area contributed by atoms with Gasteiger partial charge in [-0.15, -0.1) is 5.10 Å². The second kappa shape index (κ2) is 8.54. The molecule has 1 aliphatic heterocycles. The molecule has 0 spiro atoms. The molecule has 0 amide bonds. The lowest BCUT2D eigenvalue weighted by molar-refractivity contribution is 0.313. The molecule has 0 saturated carbocycles. The van der Waals surface area contributed by atoms with Crippen LogP contribution in [-0.4, -0.2) is 53.3 Å². The number of likely N-dealkylation sites (N-methyl/N-ethyl adjacent to an activating group) is 1. The largest absolute Gasteiger partial charge is 0.369 e. The third-order valence-electron chi connectivity index (χ3n) is 4.84. The Morgan fingerprint density at radius 1 is 0.897 bits per heavy atom. The summed E-state index contributed by atoms with van der Waals surface area (Å²) in [4.78, 5) is 9.19. The molecule has 0 bridgehead atoms. The van der Waals surface area contributed by atoms with Crippen molar-refractivity contribution in [1.29, 1.82) is 5.26 Å². The van der Waals surface area contributed by atoms with Gasteiger partial charge in [-0.3, -0.25) is 0 Å². The van der Waals surface area contributed by atoms with Gasteiger partial charge < -0.3 is 20.4 Å². The van der Waals surface area contributed by atoms with E-state index in [9.17, 15) is 0 Å². The van der Waals surface area contributed by atoms with Crippen molar-refractivity contribution in [2.75, 3.05) is 48.8 Å². The SMILES string of the molecule is CN1CCN(c2ccc(Nc3cnnc(Nc4ccc(C#N)cc4)n3)cc2)CC1. The summed E-state index contributed by atoms with van der Waals surface area (Å²) in [5.41, 5.74) is 3.56. The van der Waals surface area contributed by atoms with Crippen LogP contribution >= 0.6 is 0 Å². The summed E-state index contributed by atoms with van der Waals surface area (Å²) >= 11 is 0. The quantitative estimate of drug-likeness (QED) is 0.691. The van der Waals surface area contributed by atoms with Crippen LogP contribution in [0, 0.1) is 11.3 Å². The summed E-state index contributed by atoms with van der Waals surface area (Å²) < 4.78 is 0. The molecular weight excluding hydrogens is 364 g/mol. The first kappa shape index (κ1) is 18.7. The number of hydrogen-bond acceptors (Lipinski definition) is 8. The first-order chi connectivity index (χ1) is 14.2. The lowest BCUT2D eigenvalue weighted by atomic mass is 10.2. The predicted molar refractivity (Wildman–Crippen MR) is 114 cm³/mol. The van der Waals surface area contributed by atoms with E-state index < -0.39 is 0 Å². The minimum Gasteiger partial charge on any atom is -0.369 e. The maximum absolute atomic E-state index is 8.88. The van der Waals surface area contributed by atoms with Crippen LogP contribution < -0.4 is 15.5 Å². The summed E-state index contributed by atoms with van der Waals surface area (Å²) in [5.74, 6) is 0.984. The lowest BCUT2D eigenvalue weighted by Gasteiger charge is -2.34. The zero-order valence-corrected chi connectivity index (χ0v) is 16.2. The van der Waals surface area contributed by atoms with Gasteiger partial charge in [0, 0.05) is 43.2 Å². The molecule has 1 saturated heterocycles. The molecular formula is C21H22N8. The van der Waals surface area contributed by atoms with Crippen molar-refractivity contribution in [1.82, 2.24) is 20.1 Å². The Morgan fingerprint density at radius 3 is 2.24 bits per heavy atom. The Morgan fingerprint density at radius 2 is 1.55 bits per heavy atom. The molecule has 2 N–H and O–H groups in total. The maximum Gasteiger partial charge on any atom is 0.249 e. The van der Waals surface area contributed by atoms with E-state index in [0.29, 0.717) is 17.3 Å². The summed E-state index contributed by atoms with van der Waals surface area (Å²) in [6.45, 7) is 4.26. The van der Waals surface area contributed by atoms with Gasteiger partial charge in [0.15, 0.2) is 5.82 Å². The van der Waals surface area contributed by atoms with Gasteiger partial charge in [-0.05, 0) is 55.6 Å². The van der Waals surface area contributed by atoms with Crippen LogP contribution in [0.25, 0.3) is 0 Å². The van der Waals surface area contributed by atoms with Crippen molar-refractivity contribution in [3.8, 4) is 6.07 Å². The molecule has 8 heteroatoms. The molecule has 4 rings (SSSR count). The molecule has 1 aliphatic rings. The highest BCUT2D eigenvalue weighted by Crippen LogP contribution is 2.22. The first-order valence-corrected chi connectivity index (χ1v) is 9.47. The average molecular weight is 386 g/mol. The summed E-state index contributed by atoms with van der Waals surface area (Å²) in [7, 11) is 2.16. The van der Waals surface area contributed by atoms with Gasteiger partial charge in [-0.1, -0.05) is 0 Å². The fourth-order valence-corrected chi connectivity index (χ4v) is 3.14. The van der Waals surface area contributed by atoms with Crippen LogP contribution in [0.2, 0.25) is 0 Å². The second-order valence-corrected chi connectivity index (χ2v) is 6.94. The number of hydrogen-bond donors (Lipinski definition) is 2. The molecule has 0 radical (unpaired) electrons. The van der Waals surface area contributed by atoms with E-state index in [1.807, 2.05) is 12.1 Å². The molecule has 146 valence electrons. The summed E-state index contributed by atoms with van der Waals surface area (Å²) in [6, 6.07) is 17.5. The van der Waals surface area contributed by atoms with Crippen molar-refractivity contribution >= 4 is 28.8 Å². The van der Waals surface area contributed by atoms with E-state index in [1.54, 1.807) is 30.5 Å². The van der Waals surface area contributed by atoms with E-state index >= 15 is 0 Å². The first-order valence-electron chi connectivity index (χ1n) is 9.47. The van der Waals surface area contributed by atoms with Gasteiger partial charge in [0.2, 0.25) is 5.95 Å². The molecule has 8 nitrogen and oxygen atoms in total. The van der Waals surface area contributed by atoms with Gasteiger partial charge >= 0.3 is 0 Å². The van der Waals surface area contributed by atoms with Gasteiger partial charge in [0.25, 0.3) is 0 Å². The minimum absolute atomic E-state index is 0.383. The summed E-state index contributed by atoms with van der Waals surface area (Å²) in [6.07, 6.45) is 1.58. The number of piperazine rings is 1. The highest BCUT2D eigenvalue weighted by molar-refractivity contribution is 5.62. The second-order valence-electron chi connectivity index (χ2n) is 6.94. The Balaban J connectivity index is 1.40. The molecule has 0 atom stereocenters. The van der Waals surface area contributed by atoms with Crippen LogP contribution in [0.1, 0.15) is 5.56 Å². The Kier molecular flexibility index (Phi) is 5.49. The zero-order valence-electron chi connectivity index (χ0n) is 16.2. The van der Waals surface area contributed by atoms with Gasteiger partial charge in [0.1, 0.15) is 0 Å². The van der Waals surface area contributed by atoms with Crippen molar-refractivity contribution in [3.05, 3.63) is 60.3 Å². The number of benzene rings is 2. The van der Waals surface area contributed by atoms with E-state index in [1.165, 1.54) is 5.69 Å². The van der Waals surface area contributed by atoms with Crippen LogP contribution in [-0.2, 0) is 0 Å². The number of nitrogens with zero attached hydrogens (tertiary/aromatic N) is 6. The number of anilines is 5. The van der Waals surface area contributed by atoms with Gasteiger partial charge in [0.05, 0.1) is 17.8 Å². The number of aromatic nitrogens is 3. The molecule has 1 fully saturated rings.